The van der Waals surface area contributed by atoms with Gasteiger partial charge in [0.1, 0.15) is 0 Å². The molecule has 0 aliphatic rings. The topological polar surface area (TPSA) is 97.3 Å². The Labute approximate surface area is 213 Å². The molecule has 1 rings (SSSR count). The van der Waals surface area contributed by atoms with Crippen LogP contribution in [0.5, 0.6) is 0 Å². The van der Waals surface area contributed by atoms with Crippen molar-refractivity contribution in [3.8, 4) is 0 Å². The van der Waals surface area contributed by atoms with Crippen molar-refractivity contribution in [1.82, 2.24) is 5.32 Å². The molecule has 11 heteroatoms. The predicted molar refractivity (Wildman–Crippen MR) is 139 cm³/mol. The van der Waals surface area contributed by atoms with Crippen molar-refractivity contribution in [3.05, 3.63) is 29.3 Å². The first-order chi connectivity index (χ1) is 16.1. The number of ether oxygens (including phenoxy) is 2. The number of halogens is 2. The number of rotatable bonds is 17. The average Bonchev–Trinajstić information content (AvgIpc) is 2.77. The van der Waals surface area contributed by atoms with Gasteiger partial charge in [-0.05, 0) is 57.9 Å². The fraction of sp³-hybridized carbons (Fsp3) is 0.696. The molecule has 0 aliphatic carbocycles. The summed E-state index contributed by atoms with van der Waals surface area (Å²) in [6.07, 6.45) is -1.12. The van der Waals surface area contributed by atoms with E-state index in [9.17, 15) is 14.5 Å². The van der Waals surface area contributed by atoms with Gasteiger partial charge < -0.3 is 29.3 Å². The normalized spacial score (nSPS) is 14.4. The molecule has 0 aliphatic heterocycles. The number of nitrogens with one attached hydrogen (secondary N) is 1. The molecule has 0 saturated carbocycles. The smallest absolute Gasteiger partial charge is 0.404 e. The molecular weight excluding hydrogens is 502 g/mol. The number of hydrogen-bond donors (Lipinski definition) is 2. The Kier molecular flexibility index (Phi) is 13.8. The molecule has 2 unspecified atom stereocenters. The molecule has 1 amide bonds. The summed E-state index contributed by atoms with van der Waals surface area (Å²) in [7, 11) is -3.57. The molecule has 34 heavy (non-hydrogen) atoms. The molecule has 0 saturated heterocycles. The lowest BCUT2D eigenvalue weighted by molar-refractivity contribution is -0.168. The van der Waals surface area contributed by atoms with Crippen LogP contribution >= 0.6 is 30.6 Å². The summed E-state index contributed by atoms with van der Waals surface area (Å²) in [6.45, 7) is 11.0. The van der Waals surface area contributed by atoms with Gasteiger partial charge in [0.2, 0.25) is 5.53 Å². The van der Waals surface area contributed by atoms with Crippen LogP contribution in [0.4, 0.5) is 10.5 Å². The van der Waals surface area contributed by atoms with Gasteiger partial charge in [-0.15, -0.1) is 23.2 Å². The van der Waals surface area contributed by atoms with Gasteiger partial charge in [-0.1, -0.05) is 6.07 Å². The Balaban J connectivity index is 3.54. The largest absolute Gasteiger partial charge is 0.465 e. The molecule has 2 atom stereocenters. The number of benzene rings is 1. The van der Waals surface area contributed by atoms with Crippen molar-refractivity contribution in [1.29, 1.82) is 0 Å². The van der Waals surface area contributed by atoms with Crippen LogP contribution in [0.15, 0.2) is 18.2 Å². The molecule has 0 radical (unpaired) electrons. The first-order valence-electron chi connectivity index (χ1n) is 11.6. The summed E-state index contributed by atoms with van der Waals surface area (Å²) >= 11 is 12.0. The van der Waals surface area contributed by atoms with Crippen molar-refractivity contribution in [2.75, 3.05) is 62.3 Å². The molecule has 2 N–H and O–H groups in total. The van der Waals surface area contributed by atoms with E-state index in [1.54, 1.807) is 27.7 Å². The second-order valence-electron chi connectivity index (χ2n) is 7.83. The zero-order valence-electron chi connectivity index (χ0n) is 20.8. The van der Waals surface area contributed by atoms with Crippen molar-refractivity contribution in [3.63, 3.8) is 0 Å². The fourth-order valence-corrected chi connectivity index (χ4v) is 6.98. The molecule has 0 heterocycles. The molecular formula is C23H39Cl2N2O6P. The van der Waals surface area contributed by atoms with Crippen molar-refractivity contribution in [2.24, 2.45) is 0 Å². The van der Waals surface area contributed by atoms with Crippen LogP contribution in [0, 0.1) is 6.92 Å². The van der Waals surface area contributed by atoms with E-state index in [1.165, 1.54) is 0 Å². The summed E-state index contributed by atoms with van der Waals surface area (Å²) in [4.78, 5) is 13.4. The van der Waals surface area contributed by atoms with E-state index in [-0.39, 0.29) is 32.5 Å². The zero-order valence-corrected chi connectivity index (χ0v) is 23.2. The number of alkyl halides is 2. The number of amides is 1. The molecule has 1 aromatic carbocycles. The number of carboxylic acid groups (broad SMARTS) is 1. The van der Waals surface area contributed by atoms with Gasteiger partial charge in [-0.3, -0.25) is 4.57 Å². The minimum absolute atomic E-state index is 0.0346. The van der Waals surface area contributed by atoms with Crippen LogP contribution in [-0.4, -0.2) is 74.1 Å². The number of nitrogens with zero attached hydrogens (tertiary/aromatic N) is 1. The van der Waals surface area contributed by atoms with E-state index >= 15 is 0 Å². The monoisotopic (exact) mass is 540 g/mol. The van der Waals surface area contributed by atoms with E-state index in [0.29, 0.717) is 24.8 Å². The second kappa shape index (κ2) is 15.2. The summed E-state index contributed by atoms with van der Waals surface area (Å²) < 4.78 is 31.8. The maximum Gasteiger partial charge on any atom is 0.404 e. The minimum atomic E-state index is -3.57. The highest BCUT2D eigenvalue weighted by Crippen LogP contribution is 2.62. The number of aryl methyl sites for hydroxylation is 1. The average molecular weight is 541 g/mol. The van der Waals surface area contributed by atoms with Gasteiger partial charge >= 0.3 is 6.09 Å². The van der Waals surface area contributed by atoms with E-state index in [2.05, 4.69) is 10.2 Å². The number of carbonyl (C=O) groups is 1. The Hall–Kier alpha value is -1.02. The SMILES string of the molecule is CCOC(C)(OCC)P(=O)(CC(CNC(=O)O)c1cc(N(CCCl)CCCl)ccc1C)OCC. The Morgan fingerprint density at radius 3 is 2.21 bits per heavy atom. The highest BCUT2D eigenvalue weighted by molar-refractivity contribution is 7.60. The second-order valence-corrected chi connectivity index (χ2v) is 11.4. The predicted octanol–water partition coefficient (Wildman–Crippen LogP) is 5.69. The standard InChI is InChI=1S/C23H39Cl2N2O6P/c1-6-31-23(5,32-7-2)34(30,33-8-3)17-19(16-26-22(28)29)21-15-20(10-9-18(21)4)27(13-11-24)14-12-25/h9-10,15,19,26H,6-8,11-14,16-17H2,1-5H3,(H,28,29). The quantitative estimate of drug-likeness (QED) is 0.149. The highest BCUT2D eigenvalue weighted by atomic mass is 35.5. The third-order valence-electron chi connectivity index (χ3n) is 5.52. The number of anilines is 1. The van der Waals surface area contributed by atoms with Gasteiger partial charge in [-0.25, -0.2) is 4.79 Å². The first-order valence-corrected chi connectivity index (χ1v) is 14.4. The van der Waals surface area contributed by atoms with Crippen LogP contribution < -0.4 is 10.2 Å². The van der Waals surface area contributed by atoms with E-state index in [1.807, 2.05) is 25.1 Å². The Morgan fingerprint density at radius 1 is 1.15 bits per heavy atom. The van der Waals surface area contributed by atoms with Crippen LogP contribution in [0.1, 0.15) is 44.7 Å². The Bertz CT molecular complexity index is 802. The first kappa shape index (κ1) is 31.0. The van der Waals surface area contributed by atoms with E-state index in [0.717, 1.165) is 16.8 Å². The summed E-state index contributed by atoms with van der Waals surface area (Å²) in [5.41, 5.74) is 1.25. The van der Waals surface area contributed by atoms with E-state index in [4.69, 9.17) is 37.2 Å². The van der Waals surface area contributed by atoms with Crippen LogP contribution in [0.25, 0.3) is 0 Å². The maximum absolute atomic E-state index is 14.3. The number of hydrogen-bond acceptors (Lipinski definition) is 6. The molecule has 1 aromatic rings. The van der Waals surface area contributed by atoms with Gasteiger partial charge in [0.05, 0.1) is 6.61 Å². The van der Waals surface area contributed by atoms with Gasteiger partial charge in [0.25, 0.3) is 7.37 Å². The van der Waals surface area contributed by atoms with Crippen molar-refractivity contribution in [2.45, 2.75) is 46.1 Å². The lowest BCUT2D eigenvalue weighted by atomic mass is 9.95. The molecule has 8 nitrogen and oxygen atoms in total. The lowest BCUT2D eigenvalue weighted by Crippen LogP contribution is -2.37. The Morgan fingerprint density at radius 2 is 1.74 bits per heavy atom. The van der Waals surface area contributed by atoms with Crippen molar-refractivity contribution < 1.29 is 28.5 Å². The van der Waals surface area contributed by atoms with Gasteiger partial charge in [0.15, 0.2) is 0 Å². The molecule has 0 spiro atoms. The van der Waals surface area contributed by atoms with Crippen LogP contribution in [-0.2, 0) is 18.6 Å². The minimum Gasteiger partial charge on any atom is -0.465 e. The maximum atomic E-state index is 14.3. The third kappa shape index (κ3) is 8.58. The van der Waals surface area contributed by atoms with E-state index < -0.39 is 24.9 Å². The third-order valence-corrected chi connectivity index (χ3v) is 8.95. The summed E-state index contributed by atoms with van der Waals surface area (Å²) in [5, 5.41) is 11.7. The lowest BCUT2D eigenvalue weighted by Gasteiger charge is -2.38. The van der Waals surface area contributed by atoms with Crippen molar-refractivity contribution >= 4 is 42.4 Å². The fourth-order valence-electron chi connectivity index (χ4n) is 3.93. The van der Waals surface area contributed by atoms with Crippen LogP contribution in [0.2, 0.25) is 0 Å². The molecule has 0 fully saturated rings. The van der Waals surface area contributed by atoms with Gasteiger partial charge in [-0.2, -0.15) is 0 Å². The van der Waals surface area contributed by atoms with Gasteiger partial charge in [0, 0.05) is 62.4 Å². The van der Waals surface area contributed by atoms with Crippen LogP contribution in [0.3, 0.4) is 0 Å². The molecule has 196 valence electrons. The zero-order chi connectivity index (χ0) is 25.8. The summed E-state index contributed by atoms with van der Waals surface area (Å²) in [6, 6.07) is 5.92. The highest BCUT2D eigenvalue weighted by Gasteiger charge is 2.49. The molecule has 0 aromatic heterocycles. The molecule has 0 bridgehead atoms. The summed E-state index contributed by atoms with van der Waals surface area (Å²) in [5.74, 6) is 0.414.